The third-order valence-electron chi connectivity index (χ3n) is 3.08. The van der Waals surface area contributed by atoms with Gasteiger partial charge in [-0.2, -0.15) is 0 Å². The van der Waals surface area contributed by atoms with Crippen molar-refractivity contribution in [3.8, 4) is 0 Å². The average molecular weight is 318 g/mol. The van der Waals surface area contributed by atoms with E-state index in [4.69, 9.17) is 0 Å². The van der Waals surface area contributed by atoms with Crippen LogP contribution in [0.5, 0.6) is 0 Å². The maximum atomic E-state index is 12.0. The third-order valence-corrected chi connectivity index (χ3v) is 4.14. The number of hydrogen-bond acceptors (Lipinski definition) is 5. The molecule has 0 aromatic carbocycles. The molecule has 0 unspecified atom stereocenters. The summed E-state index contributed by atoms with van der Waals surface area (Å²) in [5.41, 5.74) is 0.793. The van der Waals surface area contributed by atoms with Gasteiger partial charge in [0.25, 0.3) is 0 Å². The Bertz CT molecular complexity index is 514. The summed E-state index contributed by atoms with van der Waals surface area (Å²) >= 11 is 1.29. The molecule has 5 nitrogen and oxygen atoms in total. The van der Waals surface area contributed by atoms with Gasteiger partial charge in [0.1, 0.15) is 0 Å². The van der Waals surface area contributed by atoms with Crippen molar-refractivity contribution < 1.29 is 9.59 Å². The van der Waals surface area contributed by atoms with Crippen LogP contribution < -0.4 is 10.6 Å². The first kappa shape index (κ1) is 17.1. The molecule has 7 heteroatoms. The van der Waals surface area contributed by atoms with Gasteiger partial charge >= 0.3 is 0 Å². The minimum atomic E-state index is -0.0767. The fraction of sp³-hybridized carbons (Fsp3) is 0.615. The minimum absolute atomic E-state index is 0. The highest BCUT2D eigenvalue weighted by Crippen LogP contribution is 2.38. The third kappa shape index (κ3) is 4.01. The van der Waals surface area contributed by atoms with Gasteiger partial charge in [0, 0.05) is 19.4 Å². The number of rotatable bonds is 4. The van der Waals surface area contributed by atoms with Gasteiger partial charge in [-0.15, -0.1) is 12.4 Å². The molecular formula is C13H20ClN3O2S. The van der Waals surface area contributed by atoms with E-state index in [1.165, 1.54) is 11.3 Å². The Morgan fingerprint density at radius 3 is 2.75 bits per heavy atom. The fourth-order valence-electron chi connectivity index (χ4n) is 2.19. The van der Waals surface area contributed by atoms with Gasteiger partial charge in [0.15, 0.2) is 10.9 Å². The van der Waals surface area contributed by atoms with Crippen molar-refractivity contribution in [3.05, 3.63) is 10.6 Å². The van der Waals surface area contributed by atoms with E-state index in [-0.39, 0.29) is 29.5 Å². The van der Waals surface area contributed by atoms with E-state index >= 15 is 0 Å². The van der Waals surface area contributed by atoms with Crippen LogP contribution in [0, 0.1) is 5.41 Å². The Kier molecular flexibility index (Phi) is 5.68. The van der Waals surface area contributed by atoms with Crippen molar-refractivity contribution in [3.63, 3.8) is 0 Å². The van der Waals surface area contributed by atoms with Crippen LogP contribution in [0.3, 0.4) is 0 Å². The summed E-state index contributed by atoms with van der Waals surface area (Å²) < 4.78 is 0. The maximum Gasteiger partial charge on any atom is 0.227 e. The molecule has 0 radical (unpaired) electrons. The number of carbonyl (C=O) groups excluding carboxylic acids is 2. The highest BCUT2D eigenvalue weighted by Gasteiger charge is 2.33. The van der Waals surface area contributed by atoms with Crippen molar-refractivity contribution in [1.82, 2.24) is 10.3 Å². The molecule has 1 aliphatic carbocycles. The fourth-order valence-corrected chi connectivity index (χ4v) is 3.13. The number of aromatic nitrogens is 1. The quantitative estimate of drug-likeness (QED) is 0.893. The second-order valence-electron chi connectivity index (χ2n) is 5.64. The van der Waals surface area contributed by atoms with Gasteiger partial charge < -0.3 is 10.6 Å². The van der Waals surface area contributed by atoms with Gasteiger partial charge in [-0.05, 0) is 18.9 Å². The Morgan fingerprint density at radius 2 is 2.10 bits per heavy atom. The van der Waals surface area contributed by atoms with Crippen LogP contribution in [0.1, 0.15) is 42.1 Å². The number of carbonyl (C=O) groups is 2. The number of nitrogens with zero attached hydrogens (tertiary/aromatic N) is 1. The van der Waals surface area contributed by atoms with Crippen LogP contribution in [0.4, 0.5) is 5.13 Å². The first-order valence-electron chi connectivity index (χ1n) is 6.39. The second-order valence-corrected chi connectivity index (χ2v) is 6.64. The maximum absolute atomic E-state index is 12.0. The van der Waals surface area contributed by atoms with E-state index in [0.29, 0.717) is 29.4 Å². The first-order chi connectivity index (χ1) is 8.91. The lowest BCUT2D eigenvalue weighted by atomic mass is 9.78. The van der Waals surface area contributed by atoms with Crippen LogP contribution in [-0.2, 0) is 11.2 Å². The second kappa shape index (κ2) is 6.65. The smallest absolute Gasteiger partial charge is 0.227 e. The largest absolute Gasteiger partial charge is 0.319 e. The van der Waals surface area contributed by atoms with Crippen molar-refractivity contribution in [1.29, 1.82) is 0 Å². The molecule has 0 saturated carbocycles. The number of nitrogens with one attached hydrogen (secondary N) is 2. The average Bonchev–Trinajstić information content (AvgIpc) is 2.67. The minimum Gasteiger partial charge on any atom is -0.319 e. The number of halogens is 1. The number of Topliss-reactive ketones (excluding diaryl/α,β-unsaturated/α-hetero) is 1. The van der Waals surface area contributed by atoms with Crippen molar-refractivity contribution >= 4 is 40.6 Å². The lowest BCUT2D eigenvalue weighted by molar-refractivity contribution is -0.116. The number of anilines is 1. The lowest BCUT2D eigenvalue weighted by Crippen LogP contribution is -2.26. The SMILES string of the molecule is CNCCC(=O)Nc1nc2c(s1)C(=O)CC(C)(C)C2.Cl. The Hall–Kier alpha value is -0.980. The van der Waals surface area contributed by atoms with Gasteiger partial charge in [-0.25, -0.2) is 4.98 Å². The monoisotopic (exact) mass is 317 g/mol. The molecule has 2 N–H and O–H groups in total. The van der Waals surface area contributed by atoms with Crippen molar-refractivity contribution in [2.45, 2.75) is 33.1 Å². The molecule has 0 spiro atoms. The molecule has 20 heavy (non-hydrogen) atoms. The van der Waals surface area contributed by atoms with Gasteiger partial charge in [0.05, 0.1) is 10.6 Å². The number of ketones is 1. The number of hydrogen-bond donors (Lipinski definition) is 2. The summed E-state index contributed by atoms with van der Waals surface area (Å²) in [7, 11) is 1.80. The predicted octanol–water partition coefficient (Wildman–Crippen LogP) is 2.27. The zero-order chi connectivity index (χ0) is 14.0. The van der Waals surface area contributed by atoms with Crippen molar-refractivity contribution in [2.75, 3.05) is 18.9 Å². The number of thiazole rings is 1. The molecule has 0 bridgehead atoms. The molecule has 1 aromatic heterocycles. The number of amides is 1. The standard InChI is InChI=1S/C13H19N3O2S.ClH/c1-13(2)6-8-11(9(17)7-13)19-12(15-8)16-10(18)4-5-14-3;/h14H,4-7H2,1-3H3,(H,15,16,18);1H. The molecule has 1 amide bonds. The molecule has 0 fully saturated rings. The molecule has 0 saturated heterocycles. The van der Waals surface area contributed by atoms with E-state index in [1.54, 1.807) is 7.05 Å². The Morgan fingerprint density at radius 1 is 1.40 bits per heavy atom. The summed E-state index contributed by atoms with van der Waals surface area (Å²) in [6.45, 7) is 4.76. The van der Waals surface area contributed by atoms with E-state index in [9.17, 15) is 9.59 Å². The van der Waals surface area contributed by atoms with Crippen molar-refractivity contribution in [2.24, 2.45) is 5.41 Å². The summed E-state index contributed by atoms with van der Waals surface area (Å²) in [5, 5.41) is 6.22. The zero-order valence-corrected chi connectivity index (χ0v) is 13.5. The molecular weight excluding hydrogens is 298 g/mol. The zero-order valence-electron chi connectivity index (χ0n) is 11.9. The Labute approximate surface area is 129 Å². The van der Waals surface area contributed by atoms with Crippen LogP contribution in [0.2, 0.25) is 0 Å². The molecule has 112 valence electrons. The molecule has 2 rings (SSSR count). The molecule has 0 atom stereocenters. The van der Waals surface area contributed by atoms with Crippen LogP contribution >= 0.6 is 23.7 Å². The highest BCUT2D eigenvalue weighted by atomic mass is 35.5. The summed E-state index contributed by atoms with van der Waals surface area (Å²) in [6, 6.07) is 0. The Balaban J connectivity index is 0.00000200. The van der Waals surface area contributed by atoms with Gasteiger partial charge in [-0.1, -0.05) is 25.2 Å². The first-order valence-corrected chi connectivity index (χ1v) is 7.20. The summed E-state index contributed by atoms with van der Waals surface area (Å²) in [4.78, 5) is 28.7. The molecule has 1 aliphatic rings. The van der Waals surface area contributed by atoms with Gasteiger partial charge in [0.2, 0.25) is 5.91 Å². The normalized spacial score (nSPS) is 16.2. The summed E-state index contributed by atoms with van der Waals surface area (Å²) in [6.07, 6.45) is 1.74. The van der Waals surface area contributed by atoms with Crippen LogP contribution in [-0.4, -0.2) is 30.3 Å². The van der Waals surface area contributed by atoms with Gasteiger partial charge in [-0.3, -0.25) is 9.59 Å². The lowest BCUT2D eigenvalue weighted by Gasteiger charge is -2.26. The summed E-state index contributed by atoms with van der Waals surface area (Å²) in [5.74, 6) is 0.0617. The predicted molar refractivity (Wildman–Crippen MR) is 83.0 cm³/mol. The number of fused-ring (bicyclic) bond motifs is 1. The highest BCUT2D eigenvalue weighted by molar-refractivity contribution is 7.17. The molecule has 0 aliphatic heterocycles. The van der Waals surface area contributed by atoms with E-state index in [2.05, 4.69) is 29.5 Å². The van der Waals surface area contributed by atoms with Crippen LogP contribution in [0.25, 0.3) is 0 Å². The van der Waals surface area contributed by atoms with E-state index in [0.717, 1.165) is 12.1 Å². The van der Waals surface area contributed by atoms with E-state index < -0.39 is 0 Å². The van der Waals surface area contributed by atoms with E-state index in [1.807, 2.05) is 0 Å². The van der Waals surface area contributed by atoms with Crippen LogP contribution in [0.15, 0.2) is 0 Å². The topological polar surface area (TPSA) is 71.1 Å². The molecule has 1 heterocycles. The molecule has 1 aromatic rings.